The van der Waals surface area contributed by atoms with Crippen molar-refractivity contribution < 1.29 is 9.59 Å². The minimum atomic E-state index is -0.139. The molecule has 1 rings (SSSR count). The highest BCUT2D eigenvalue weighted by atomic mass is 16.2. The van der Waals surface area contributed by atoms with Crippen LogP contribution in [0.5, 0.6) is 0 Å². The molecule has 1 aliphatic heterocycles. The van der Waals surface area contributed by atoms with E-state index in [-0.39, 0.29) is 12.6 Å². The number of hydrogen-bond donors (Lipinski definition) is 1. The summed E-state index contributed by atoms with van der Waals surface area (Å²) < 4.78 is 0. The monoisotopic (exact) mass is 331 g/mol. The van der Waals surface area contributed by atoms with Gasteiger partial charge in [-0.3, -0.25) is 0 Å². The smallest absolute Gasteiger partial charge is 0.317 e. The predicted molar refractivity (Wildman–Crippen MR) is 101 cm³/mol. The number of rotatable bonds is 4. The molecule has 1 fully saturated rings. The van der Waals surface area contributed by atoms with Crippen LogP contribution in [-0.4, -0.2) is 61.9 Å². The number of carbonyl (C=O) groups excluding carboxylic acids is 2. The van der Waals surface area contributed by atoms with Crippen LogP contribution < -0.4 is 5.32 Å². The largest absolute Gasteiger partial charge is 0.331 e. The first-order chi connectivity index (χ1) is 11.1. The van der Waals surface area contributed by atoms with Crippen molar-refractivity contribution in [2.45, 2.75) is 67.2 Å². The lowest BCUT2D eigenvalue weighted by Crippen LogP contribution is -2.50. The minimum absolute atomic E-state index is 0.102. The van der Waals surface area contributed by atoms with Crippen molar-refractivity contribution in [3.8, 4) is 0 Å². The van der Waals surface area contributed by atoms with E-state index in [4.69, 9.17) is 0 Å². The number of carbonyl (C=O) groups is 2. The number of piperazine rings is 1. The summed E-state index contributed by atoms with van der Waals surface area (Å²) in [4.78, 5) is 25.2. The second-order valence-electron chi connectivity index (χ2n) is 5.20. The molecule has 1 saturated heterocycles. The van der Waals surface area contributed by atoms with Gasteiger partial charge >= 0.3 is 6.03 Å². The molecule has 0 aromatic carbocycles. The van der Waals surface area contributed by atoms with Crippen LogP contribution in [0.4, 0.5) is 4.79 Å². The van der Waals surface area contributed by atoms with Gasteiger partial charge in [0.15, 0.2) is 0 Å². The van der Waals surface area contributed by atoms with Crippen LogP contribution in [0.15, 0.2) is 0 Å². The van der Waals surface area contributed by atoms with E-state index in [9.17, 15) is 9.59 Å². The summed E-state index contributed by atoms with van der Waals surface area (Å²) in [7, 11) is 2.03. The summed E-state index contributed by atoms with van der Waals surface area (Å²) in [6.45, 7) is 16.0. The third kappa shape index (κ3) is 20.9. The molecule has 0 aromatic heterocycles. The van der Waals surface area contributed by atoms with Gasteiger partial charge in [0.05, 0.1) is 6.54 Å². The molecule has 0 saturated carbocycles. The Bertz CT molecular complexity index is 238. The van der Waals surface area contributed by atoms with E-state index in [1.807, 2.05) is 20.9 Å². The number of urea groups is 1. The maximum atomic E-state index is 11.3. The third-order valence-electron chi connectivity index (χ3n) is 2.83. The fourth-order valence-corrected chi connectivity index (χ4v) is 1.60. The van der Waals surface area contributed by atoms with Crippen LogP contribution >= 0.6 is 0 Å². The first-order valence-corrected chi connectivity index (χ1v) is 9.22. The van der Waals surface area contributed by atoms with Crippen LogP contribution in [0.25, 0.3) is 0 Å². The Hall–Kier alpha value is -1.10. The zero-order chi connectivity index (χ0) is 18.5. The lowest BCUT2D eigenvalue weighted by Gasteiger charge is -2.32. The molecule has 1 N–H and O–H groups in total. The average molecular weight is 332 g/mol. The maximum absolute atomic E-state index is 11.3. The second kappa shape index (κ2) is 23.2. The lowest BCUT2D eigenvalue weighted by molar-refractivity contribution is -0.107. The summed E-state index contributed by atoms with van der Waals surface area (Å²) in [5.74, 6) is 0. The summed E-state index contributed by atoms with van der Waals surface area (Å²) in [6.07, 6.45) is 6.01. The van der Waals surface area contributed by atoms with E-state index in [2.05, 4.69) is 37.9 Å². The minimum Gasteiger partial charge on any atom is -0.331 e. The number of aldehydes is 1. The molecule has 0 unspecified atom stereocenters. The fourth-order valence-electron chi connectivity index (χ4n) is 1.60. The second-order valence-corrected chi connectivity index (χ2v) is 5.20. The van der Waals surface area contributed by atoms with Crippen LogP contribution in [0.3, 0.4) is 0 Å². The quantitative estimate of drug-likeness (QED) is 0.798. The van der Waals surface area contributed by atoms with Gasteiger partial charge in [0.25, 0.3) is 0 Å². The van der Waals surface area contributed by atoms with E-state index >= 15 is 0 Å². The van der Waals surface area contributed by atoms with Gasteiger partial charge in [-0.05, 0) is 7.05 Å². The number of nitrogens with one attached hydrogen (secondary N) is 1. The van der Waals surface area contributed by atoms with Gasteiger partial charge < -0.3 is 19.9 Å². The SMILES string of the molecule is CC.CCC.CCCCC.CN1CCN(C(=O)NCC=O)CC1. The molecule has 0 spiro atoms. The predicted octanol–water partition coefficient (Wildman–Crippen LogP) is 3.78. The van der Waals surface area contributed by atoms with E-state index in [0.29, 0.717) is 6.29 Å². The van der Waals surface area contributed by atoms with Crippen molar-refractivity contribution in [1.29, 1.82) is 0 Å². The Kier molecular flexibility index (Phi) is 27.0. The van der Waals surface area contributed by atoms with Crippen molar-refractivity contribution >= 4 is 12.3 Å². The Morgan fingerprint density at radius 3 is 1.74 bits per heavy atom. The van der Waals surface area contributed by atoms with Gasteiger partial charge in [-0.1, -0.05) is 67.2 Å². The van der Waals surface area contributed by atoms with Gasteiger partial charge in [0.1, 0.15) is 6.29 Å². The number of amides is 2. The number of hydrogen-bond acceptors (Lipinski definition) is 3. The van der Waals surface area contributed by atoms with Crippen molar-refractivity contribution in [2.75, 3.05) is 39.8 Å². The lowest BCUT2D eigenvalue weighted by atomic mass is 10.3. The molecule has 2 amide bonds. The molecule has 1 aliphatic rings. The number of likely N-dealkylation sites (N-methyl/N-ethyl adjacent to an activating group) is 1. The van der Waals surface area contributed by atoms with Crippen LogP contribution in [0, 0.1) is 0 Å². The Morgan fingerprint density at radius 1 is 1.00 bits per heavy atom. The van der Waals surface area contributed by atoms with Crippen LogP contribution in [0.1, 0.15) is 67.2 Å². The maximum Gasteiger partial charge on any atom is 0.317 e. The summed E-state index contributed by atoms with van der Waals surface area (Å²) in [5.41, 5.74) is 0. The van der Waals surface area contributed by atoms with Gasteiger partial charge in [-0.2, -0.15) is 0 Å². The average Bonchev–Trinajstić information content (AvgIpc) is 2.57. The standard InChI is InChI=1S/C8H15N3O2.C5H12.C3H8.C2H6/c1-10-3-5-11(6-4-10)8(13)9-2-7-12;1-3-5-4-2;1-3-2;1-2/h7H,2-6H2,1H3,(H,9,13);3-5H2,1-2H3;3H2,1-2H3;1-2H3. The highest BCUT2D eigenvalue weighted by Crippen LogP contribution is 1.98. The van der Waals surface area contributed by atoms with E-state index in [0.717, 1.165) is 26.2 Å². The normalized spacial score (nSPS) is 13.3. The molecule has 140 valence electrons. The highest BCUT2D eigenvalue weighted by Gasteiger charge is 2.17. The van der Waals surface area contributed by atoms with Crippen LogP contribution in [-0.2, 0) is 4.79 Å². The first kappa shape index (κ1) is 26.8. The molecule has 0 bridgehead atoms. The highest BCUT2D eigenvalue weighted by molar-refractivity contribution is 5.76. The van der Waals surface area contributed by atoms with E-state index in [1.165, 1.54) is 25.7 Å². The molecular formula is C18H41N3O2. The fraction of sp³-hybridized carbons (Fsp3) is 0.889. The molecular weight excluding hydrogens is 290 g/mol. The van der Waals surface area contributed by atoms with Crippen molar-refractivity contribution in [2.24, 2.45) is 0 Å². The zero-order valence-corrected chi connectivity index (χ0v) is 16.7. The molecule has 23 heavy (non-hydrogen) atoms. The molecule has 0 atom stereocenters. The van der Waals surface area contributed by atoms with Gasteiger partial charge in [-0.15, -0.1) is 0 Å². The van der Waals surface area contributed by atoms with Crippen LogP contribution in [0.2, 0.25) is 0 Å². The molecule has 0 aromatic rings. The topological polar surface area (TPSA) is 52.6 Å². The molecule has 5 nitrogen and oxygen atoms in total. The van der Waals surface area contributed by atoms with Gasteiger partial charge in [0, 0.05) is 26.2 Å². The van der Waals surface area contributed by atoms with Crippen molar-refractivity contribution in [1.82, 2.24) is 15.1 Å². The summed E-state index contributed by atoms with van der Waals surface area (Å²) in [5, 5.41) is 2.52. The third-order valence-corrected chi connectivity index (χ3v) is 2.83. The summed E-state index contributed by atoms with van der Waals surface area (Å²) in [6, 6.07) is -0.139. The number of nitrogens with zero attached hydrogens (tertiary/aromatic N) is 2. The number of unbranched alkanes of at least 4 members (excludes halogenated alkanes) is 2. The molecule has 0 aliphatic carbocycles. The Morgan fingerprint density at radius 2 is 1.43 bits per heavy atom. The first-order valence-electron chi connectivity index (χ1n) is 9.22. The van der Waals surface area contributed by atoms with E-state index in [1.54, 1.807) is 4.90 Å². The van der Waals surface area contributed by atoms with Crippen molar-refractivity contribution in [3.05, 3.63) is 0 Å². The molecule has 0 radical (unpaired) electrons. The zero-order valence-electron chi connectivity index (χ0n) is 16.7. The molecule has 5 heteroatoms. The Labute approximate surface area is 144 Å². The van der Waals surface area contributed by atoms with Crippen molar-refractivity contribution in [3.63, 3.8) is 0 Å². The molecule has 1 heterocycles. The Balaban J connectivity index is -0.000000334. The van der Waals surface area contributed by atoms with E-state index < -0.39 is 0 Å². The van der Waals surface area contributed by atoms with Gasteiger partial charge in [-0.25, -0.2) is 4.79 Å². The summed E-state index contributed by atoms with van der Waals surface area (Å²) >= 11 is 0. The van der Waals surface area contributed by atoms with Gasteiger partial charge in [0.2, 0.25) is 0 Å².